The van der Waals surface area contributed by atoms with Gasteiger partial charge in [0.15, 0.2) is 5.79 Å². The summed E-state index contributed by atoms with van der Waals surface area (Å²) in [5.41, 5.74) is 0. The number of carbonyl (C=O) groups excluding carboxylic acids is 1. The van der Waals surface area contributed by atoms with E-state index in [1.54, 1.807) is 19.9 Å². The van der Waals surface area contributed by atoms with Gasteiger partial charge in [-0.1, -0.05) is 19.8 Å². The smallest absolute Gasteiger partial charge is 0.330 e. The molecule has 0 saturated heterocycles. The van der Waals surface area contributed by atoms with Crippen LogP contribution in [0.15, 0.2) is 12.2 Å². The molecule has 0 aromatic heterocycles. The Balaban J connectivity index is 4.31. The van der Waals surface area contributed by atoms with E-state index in [2.05, 4.69) is 11.7 Å². The van der Waals surface area contributed by atoms with Gasteiger partial charge < -0.3 is 9.47 Å². The van der Waals surface area contributed by atoms with Gasteiger partial charge >= 0.3 is 5.97 Å². The van der Waals surface area contributed by atoms with Gasteiger partial charge in [-0.25, -0.2) is 14.6 Å². The van der Waals surface area contributed by atoms with Crippen LogP contribution in [0.25, 0.3) is 0 Å². The fourth-order valence-electron chi connectivity index (χ4n) is 1.05. The van der Waals surface area contributed by atoms with Crippen molar-refractivity contribution in [2.24, 2.45) is 0 Å². The number of esters is 1. The van der Waals surface area contributed by atoms with Crippen LogP contribution in [0.1, 0.15) is 40.0 Å². The first-order chi connectivity index (χ1) is 8.45. The van der Waals surface area contributed by atoms with E-state index >= 15 is 0 Å². The number of ether oxygens (including phenoxy) is 2. The summed E-state index contributed by atoms with van der Waals surface area (Å²) in [6, 6.07) is 0. The molecule has 5 nitrogen and oxygen atoms in total. The topological polar surface area (TPSA) is 54.0 Å². The van der Waals surface area contributed by atoms with Crippen molar-refractivity contribution in [3.63, 3.8) is 0 Å². The molecule has 0 amide bonds. The predicted molar refractivity (Wildman–Crippen MR) is 67.7 cm³/mol. The molecule has 106 valence electrons. The van der Waals surface area contributed by atoms with Crippen molar-refractivity contribution in [3.8, 4) is 0 Å². The molecule has 0 saturated carbocycles. The van der Waals surface area contributed by atoms with E-state index in [0.717, 1.165) is 19.3 Å². The highest BCUT2D eigenvalue weighted by molar-refractivity contribution is 5.81. The van der Waals surface area contributed by atoms with Crippen LogP contribution in [0.4, 0.5) is 0 Å². The Morgan fingerprint density at radius 3 is 2.50 bits per heavy atom. The van der Waals surface area contributed by atoms with Gasteiger partial charge in [0, 0.05) is 13.2 Å². The molecule has 5 heteroatoms. The van der Waals surface area contributed by atoms with Gasteiger partial charge in [-0.05, 0) is 26.3 Å². The van der Waals surface area contributed by atoms with E-state index in [0.29, 0.717) is 0 Å². The van der Waals surface area contributed by atoms with Crippen LogP contribution in [0.5, 0.6) is 0 Å². The Morgan fingerprint density at radius 1 is 1.33 bits per heavy atom. The van der Waals surface area contributed by atoms with Gasteiger partial charge in [-0.2, -0.15) is 0 Å². The summed E-state index contributed by atoms with van der Waals surface area (Å²) < 4.78 is 9.60. The molecule has 0 aromatic carbocycles. The summed E-state index contributed by atoms with van der Waals surface area (Å²) in [5, 5.41) is 0. The molecule has 0 spiro atoms. The number of unbranched alkanes of at least 4 members (excludes halogenated alkanes) is 1. The SMILES string of the molecule is CCCCC(/C=C/C(=O)OC)OOC(C)(C)OC. The molecule has 0 aromatic rings. The van der Waals surface area contributed by atoms with E-state index in [4.69, 9.17) is 14.5 Å². The Bertz CT molecular complexity index is 260. The molecule has 1 atom stereocenters. The fourth-order valence-corrected chi connectivity index (χ4v) is 1.05. The van der Waals surface area contributed by atoms with E-state index in [1.807, 2.05) is 0 Å². The first kappa shape index (κ1) is 17.1. The molecule has 0 radical (unpaired) electrons. The molecule has 1 unspecified atom stereocenters. The average Bonchev–Trinajstić information content (AvgIpc) is 2.37. The van der Waals surface area contributed by atoms with E-state index in [1.165, 1.54) is 20.3 Å². The summed E-state index contributed by atoms with van der Waals surface area (Å²) in [4.78, 5) is 21.5. The number of hydrogen-bond donors (Lipinski definition) is 0. The van der Waals surface area contributed by atoms with Crippen LogP contribution < -0.4 is 0 Å². The summed E-state index contributed by atoms with van der Waals surface area (Å²) >= 11 is 0. The second-order valence-electron chi connectivity index (χ2n) is 4.35. The van der Waals surface area contributed by atoms with Crippen molar-refractivity contribution >= 4 is 5.97 Å². The standard InChI is InChI=1S/C13H24O5/c1-6-7-8-11(9-10-12(14)15-4)17-18-13(2,3)16-5/h9-11H,6-8H2,1-5H3/b10-9+. The highest BCUT2D eigenvalue weighted by Gasteiger charge is 2.20. The molecule has 0 fully saturated rings. The summed E-state index contributed by atoms with van der Waals surface area (Å²) in [6.45, 7) is 5.57. The lowest BCUT2D eigenvalue weighted by molar-refractivity contribution is -0.425. The first-order valence-electron chi connectivity index (χ1n) is 6.11. The molecule has 0 N–H and O–H groups in total. The third-order valence-corrected chi connectivity index (χ3v) is 2.35. The fraction of sp³-hybridized carbons (Fsp3) is 0.769. The quantitative estimate of drug-likeness (QED) is 0.210. The molecule has 0 rings (SSSR count). The van der Waals surface area contributed by atoms with Crippen LogP contribution >= 0.6 is 0 Å². The van der Waals surface area contributed by atoms with Crippen molar-refractivity contribution in [2.45, 2.75) is 51.9 Å². The van der Waals surface area contributed by atoms with Crippen LogP contribution in [0, 0.1) is 0 Å². The minimum atomic E-state index is -0.816. The third-order valence-electron chi connectivity index (χ3n) is 2.35. The van der Waals surface area contributed by atoms with E-state index in [9.17, 15) is 4.79 Å². The van der Waals surface area contributed by atoms with E-state index in [-0.39, 0.29) is 6.10 Å². The van der Waals surface area contributed by atoms with E-state index < -0.39 is 11.8 Å². The Morgan fingerprint density at radius 2 is 2.00 bits per heavy atom. The number of carbonyl (C=O) groups is 1. The van der Waals surface area contributed by atoms with Crippen molar-refractivity contribution in [2.75, 3.05) is 14.2 Å². The maximum atomic E-state index is 11.0. The number of rotatable bonds is 9. The van der Waals surface area contributed by atoms with Crippen LogP contribution in [-0.4, -0.2) is 32.1 Å². The lowest BCUT2D eigenvalue weighted by atomic mass is 10.1. The lowest BCUT2D eigenvalue weighted by Crippen LogP contribution is -2.29. The largest absolute Gasteiger partial charge is 0.466 e. The molecule has 0 bridgehead atoms. The average molecular weight is 260 g/mol. The maximum absolute atomic E-state index is 11.0. The molecule has 0 aliphatic carbocycles. The Kier molecular flexibility index (Phi) is 8.62. The van der Waals surface area contributed by atoms with Crippen molar-refractivity contribution < 1.29 is 24.0 Å². The molecule has 18 heavy (non-hydrogen) atoms. The third kappa shape index (κ3) is 8.22. The minimum absolute atomic E-state index is 0.293. The maximum Gasteiger partial charge on any atom is 0.330 e. The first-order valence-corrected chi connectivity index (χ1v) is 6.11. The van der Waals surface area contributed by atoms with Crippen LogP contribution in [-0.2, 0) is 24.0 Å². The number of hydrogen-bond acceptors (Lipinski definition) is 5. The van der Waals surface area contributed by atoms with Gasteiger partial charge in [0.25, 0.3) is 0 Å². The Hall–Kier alpha value is -0.910. The molecular weight excluding hydrogens is 236 g/mol. The zero-order valence-electron chi connectivity index (χ0n) is 11.9. The summed E-state index contributed by atoms with van der Waals surface area (Å²) in [6.07, 6.45) is 5.46. The highest BCUT2D eigenvalue weighted by atomic mass is 17.2. The highest BCUT2D eigenvalue weighted by Crippen LogP contribution is 2.14. The van der Waals surface area contributed by atoms with Gasteiger partial charge in [0.2, 0.25) is 0 Å². The van der Waals surface area contributed by atoms with Crippen molar-refractivity contribution in [1.82, 2.24) is 0 Å². The monoisotopic (exact) mass is 260 g/mol. The van der Waals surface area contributed by atoms with Crippen LogP contribution in [0.2, 0.25) is 0 Å². The Labute approximate surface area is 109 Å². The summed E-state index contributed by atoms with van der Waals surface area (Å²) in [5.74, 6) is -1.23. The van der Waals surface area contributed by atoms with Crippen molar-refractivity contribution in [3.05, 3.63) is 12.2 Å². The van der Waals surface area contributed by atoms with Gasteiger partial charge in [0.1, 0.15) is 6.10 Å². The molecule has 0 aliphatic heterocycles. The van der Waals surface area contributed by atoms with Gasteiger partial charge in [-0.3, -0.25) is 0 Å². The second kappa shape index (κ2) is 9.08. The molecular formula is C13H24O5. The zero-order valence-corrected chi connectivity index (χ0v) is 11.9. The molecule has 0 aliphatic rings. The normalized spacial score (nSPS) is 13.8. The van der Waals surface area contributed by atoms with Crippen molar-refractivity contribution in [1.29, 1.82) is 0 Å². The second-order valence-corrected chi connectivity index (χ2v) is 4.35. The lowest BCUT2D eigenvalue weighted by Gasteiger charge is -2.24. The zero-order chi connectivity index (χ0) is 14.0. The predicted octanol–water partition coefficient (Wildman–Crippen LogP) is 2.61. The minimum Gasteiger partial charge on any atom is -0.466 e. The van der Waals surface area contributed by atoms with Gasteiger partial charge in [-0.15, -0.1) is 0 Å². The van der Waals surface area contributed by atoms with Gasteiger partial charge in [0.05, 0.1) is 7.11 Å². The summed E-state index contributed by atoms with van der Waals surface area (Å²) in [7, 11) is 2.87. The molecule has 0 heterocycles. The van der Waals surface area contributed by atoms with Crippen LogP contribution in [0.3, 0.4) is 0 Å². The number of methoxy groups -OCH3 is 2.